The second-order valence-electron chi connectivity index (χ2n) is 6.11. The smallest absolute Gasteiger partial charge is 0.352 e. The molecule has 0 aliphatic heterocycles. The first kappa shape index (κ1) is 20.0. The lowest BCUT2D eigenvalue weighted by Crippen LogP contribution is -2.03. The summed E-state index contributed by atoms with van der Waals surface area (Å²) >= 11 is 0. The van der Waals surface area contributed by atoms with Crippen LogP contribution in [0.4, 0.5) is 5.69 Å². The summed E-state index contributed by atoms with van der Waals surface area (Å²) in [4.78, 5) is 11.2. The van der Waals surface area contributed by atoms with Crippen molar-refractivity contribution in [3.8, 4) is 23.0 Å². The van der Waals surface area contributed by atoms with Crippen LogP contribution < -0.4 is 18.9 Å². The van der Waals surface area contributed by atoms with Crippen LogP contribution in [0.15, 0.2) is 66.7 Å². The Labute approximate surface area is 168 Å². The zero-order valence-corrected chi connectivity index (χ0v) is 16.2. The molecule has 0 heterocycles. The Morgan fingerprint density at radius 1 is 0.724 bits per heavy atom. The minimum absolute atomic E-state index is 0.128. The fourth-order valence-electron chi connectivity index (χ4n) is 2.78. The van der Waals surface area contributed by atoms with Crippen LogP contribution in [-0.2, 0) is 13.2 Å². The third-order valence-corrected chi connectivity index (χ3v) is 4.22. The topological polar surface area (TPSA) is 80.1 Å². The van der Waals surface area contributed by atoms with Gasteiger partial charge in [0.05, 0.1) is 19.1 Å². The van der Waals surface area contributed by atoms with Crippen molar-refractivity contribution in [3.63, 3.8) is 0 Å². The Bertz CT molecular complexity index is 974. The number of methoxy groups -OCH3 is 2. The quantitative estimate of drug-likeness (QED) is 0.383. The molecule has 3 aromatic carbocycles. The number of ether oxygens (including phenoxy) is 4. The molecule has 0 fully saturated rings. The van der Waals surface area contributed by atoms with Gasteiger partial charge in [-0.15, -0.1) is 0 Å². The molecule has 0 unspecified atom stereocenters. The molecule has 0 aliphatic carbocycles. The van der Waals surface area contributed by atoms with E-state index in [2.05, 4.69) is 0 Å². The maximum atomic E-state index is 11.7. The molecule has 0 saturated carbocycles. The van der Waals surface area contributed by atoms with Crippen LogP contribution in [0, 0.1) is 10.1 Å². The molecule has 7 nitrogen and oxygen atoms in total. The van der Waals surface area contributed by atoms with Gasteiger partial charge < -0.3 is 18.9 Å². The highest BCUT2D eigenvalue weighted by Crippen LogP contribution is 2.37. The van der Waals surface area contributed by atoms with Crippen LogP contribution in [0.5, 0.6) is 23.0 Å². The summed E-state index contributed by atoms with van der Waals surface area (Å²) in [6.45, 7) is 0.351. The van der Waals surface area contributed by atoms with Crippen molar-refractivity contribution in [2.24, 2.45) is 0 Å². The highest BCUT2D eigenvalue weighted by Gasteiger charge is 2.22. The van der Waals surface area contributed by atoms with Gasteiger partial charge in [0, 0.05) is 0 Å². The third kappa shape index (κ3) is 4.95. The lowest BCUT2D eigenvalue weighted by Gasteiger charge is -2.12. The first-order valence-corrected chi connectivity index (χ1v) is 8.90. The van der Waals surface area contributed by atoms with Crippen LogP contribution in [-0.4, -0.2) is 19.1 Å². The van der Waals surface area contributed by atoms with E-state index in [0.717, 1.165) is 11.1 Å². The molecule has 3 aromatic rings. The summed E-state index contributed by atoms with van der Waals surface area (Å²) in [6.07, 6.45) is 0. The number of para-hydroxylation sites is 1. The van der Waals surface area contributed by atoms with Crippen molar-refractivity contribution < 1.29 is 23.9 Å². The van der Waals surface area contributed by atoms with Crippen molar-refractivity contribution in [1.82, 2.24) is 0 Å². The van der Waals surface area contributed by atoms with Gasteiger partial charge in [0.15, 0.2) is 11.5 Å². The van der Waals surface area contributed by atoms with Gasteiger partial charge >= 0.3 is 5.69 Å². The van der Waals surface area contributed by atoms with Crippen molar-refractivity contribution >= 4 is 5.69 Å². The van der Waals surface area contributed by atoms with Crippen LogP contribution in [0.1, 0.15) is 11.1 Å². The second kappa shape index (κ2) is 9.45. The highest BCUT2D eigenvalue weighted by molar-refractivity contribution is 5.57. The molecule has 3 rings (SSSR count). The van der Waals surface area contributed by atoms with Gasteiger partial charge in [-0.25, -0.2) is 0 Å². The maximum Gasteiger partial charge on any atom is 0.352 e. The summed E-state index contributed by atoms with van der Waals surface area (Å²) in [7, 11) is 3.10. The SMILES string of the molecule is COc1ccc(COc2cccc(OCc3ccccc3)c2[N+](=O)[O-])cc1OC. The van der Waals surface area contributed by atoms with Crippen molar-refractivity contribution in [1.29, 1.82) is 0 Å². The number of nitro groups is 1. The molecule has 0 aliphatic rings. The molecule has 0 radical (unpaired) electrons. The van der Waals surface area contributed by atoms with E-state index < -0.39 is 4.92 Å². The zero-order valence-electron chi connectivity index (χ0n) is 16.2. The molecule has 0 amide bonds. The fraction of sp³-hybridized carbons (Fsp3) is 0.182. The zero-order chi connectivity index (χ0) is 20.6. The normalized spacial score (nSPS) is 10.3. The van der Waals surface area contributed by atoms with Crippen molar-refractivity contribution in [2.75, 3.05) is 14.2 Å². The van der Waals surface area contributed by atoms with Crippen molar-refractivity contribution in [3.05, 3.63) is 88.0 Å². The van der Waals surface area contributed by atoms with Crippen LogP contribution in [0.3, 0.4) is 0 Å². The van der Waals surface area contributed by atoms with Gasteiger partial charge in [0.25, 0.3) is 0 Å². The summed E-state index contributed by atoms with van der Waals surface area (Å²) < 4.78 is 21.9. The number of nitro benzene ring substituents is 1. The predicted octanol–water partition coefficient (Wildman–Crippen LogP) is 4.77. The summed E-state index contributed by atoms with van der Waals surface area (Å²) in [5.41, 5.74) is 1.50. The van der Waals surface area contributed by atoms with Crippen molar-refractivity contribution in [2.45, 2.75) is 13.2 Å². The first-order chi connectivity index (χ1) is 14.1. The molecule has 150 valence electrons. The second-order valence-corrected chi connectivity index (χ2v) is 6.11. The Morgan fingerprint density at radius 3 is 1.93 bits per heavy atom. The molecule has 0 saturated heterocycles. The first-order valence-electron chi connectivity index (χ1n) is 8.90. The average Bonchev–Trinajstić information content (AvgIpc) is 2.76. The minimum Gasteiger partial charge on any atom is -0.493 e. The average molecular weight is 395 g/mol. The van der Waals surface area contributed by atoms with Crippen LogP contribution in [0.2, 0.25) is 0 Å². The van der Waals surface area contributed by atoms with E-state index in [0.29, 0.717) is 11.5 Å². The predicted molar refractivity (Wildman–Crippen MR) is 108 cm³/mol. The maximum absolute atomic E-state index is 11.7. The summed E-state index contributed by atoms with van der Waals surface area (Å²) in [6, 6.07) is 19.6. The minimum atomic E-state index is -0.496. The molecular formula is C22H21NO6. The number of hydrogen-bond acceptors (Lipinski definition) is 6. The standard InChI is InChI=1S/C22H21NO6/c1-26-18-12-11-17(13-21(18)27-2)15-29-20-10-6-9-19(22(20)23(24)25)28-14-16-7-4-3-5-8-16/h3-13H,14-15H2,1-2H3. The monoisotopic (exact) mass is 395 g/mol. The highest BCUT2D eigenvalue weighted by atomic mass is 16.6. The number of hydrogen-bond donors (Lipinski definition) is 0. The molecular weight excluding hydrogens is 374 g/mol. The lowest BCUT2D eigenvalue weighted by atomic mass is 10.2. The third-order valence-electron chi connectivity index (χ3n) is 4.22. The molecule has 29 heavy (non-hydrogen) atoms. The van der Waals surface area contributed by atoms with E-state index in [1.807, 2.05) is 36.4 Å². The Hall–Kier alpha value is -3.74. The van der Waals surface area contributed by atoms with E-state index in [9.17, 15) is 10.1 Å². The van der Waals surface area contributed by atoms with Crippen LogP contribution in [0.25, 0.3) is 0 Å². The van der Waals surface area contributed by atoms with Gasteiger partial charge in [-0.1, -0.05) is 42.5 Å². The van der Waals surface area contributed by atoms with Gasteiger partial charge in [0.1, 0.15) is 13.2 Å². The molecule has 0 N–H and O–H groups in total. The largest absolute Gasteiger partial charge is 0.493 e. The molecule has 0 aromatic heterocycles. The molecule has 0 bridgehead atoms. The van der Waals surface area contributed by atoms with Gasteiger partial charge in [-0.2, -0.15) is 0 Å². The Morgan fingerprint density at radius 2 is 1.34 bits per heavy atom. The lowest BCUT2D eigenvalue weighted by molar-refractivity contribution is -0.387. The number of nitrogens with zero attached hydrogens (tertiary/aromatic N) is 1. The summed E-state index contributed by atoms with van der Waals surface area (Å²) in [5, 5.41) is 11.7. The Balaban J connectivity index is 1.78. The molecule has 0 atom stereocenters. The van der Waals surface area contributed by atoms with Crippen LogP contribution >= 0.6 is 0 Å². The molecule has 7 heteroatoms. The fourth-order valence-corrected chi connectivity index (χ4v) is 2.78. The van der Waals surface area contributed by atoms with E-state index >= 15 is 0 Å². The summed E-state index contributed by atoms with van der Waals surface area (Å²) in [5.74, 6) is 1.44. The van der Waals surface area contributed by atoms with E-state index in [4.69, 9.17) is 18.9 Å². The number of benzene rings is 3. The van der Waals surface area contributed by atoms with E-state index in [-0.39, 0.29) is 30.4 Å². The van der Waals surface area contributed by atoms with Gasteiger partial charge in [-0.3, -0.25) is 10.1 Å². The Kier molecular flexibility index (Phi) is 6.52. The van der Waals surface area contributed by atoms with Gasteiger partial charge in [-0.05, 0) is 35.4 Å². The molecule has 0 spiro atoms. The van der Waals surface area contributed by atoms with Gasteiger partial charge in [0.2, 0.25) is 11.5 Å². The van der Waals surface area contributed by atoms with E-state index in [1.165, 1.54) is 0 Å². The number of rotatable bonds is 9. The van der Waals surface area contributed by atoms with E-state index in [1.54, 1.807) is 44.6 Å².